The number of carbonyl (C=O) groups is 1. The van der Waals surface area contributed by atoms with Gasteiger partial charge >= 0.3 is 0 Å². The molecule has 6 heteroatoms. The standard InChI is InChI=1S/C19H25N5O/c1-15(2)14-18(25)22-16-4-6-17(7-5-16)23-10-12-24(13-11-23)19-20-8-3-9-21-19/h3-9,15H,10-14H2,1-2H3,(H,22,25). The van der Waals surface area contributed by atoms with Crippen molar-refractivity contribution in [3.63, 3.8) is 0 Å². The van der Waals surface area contributed by atoms with Gasteiger partial charge in [-0.2, -0.15) is 0 Å². The molecule has 0 atom stereocenters. The number of nitrogens with zero attached hydrogens (tertiary/aromatic N) is 4. The molecule has 0 saturated carbocycles. The first-order valence-electron chi connectivity index (χ1n) is 8.78. The smallest absolute Gasteiger partial charge is 0.225 e. The molecule has 132 valence electrons. The number of hydrogen-bond acceptors (Lipinski definition) is 5. The molecule has 6 nitrogen and oxygen atoms in total. The van der Waals surface area contributed by atoms with E-state index in [1.54, 1.807) is 12.4 Å². The van der Waals surface area contributed by atoms with Crippen LogP contribution in [0.4, 0.5) is 17.3 Å². The van der Waals surface area contributed by atoms with Gasteiger partial charge in [-0.15, -0.1) is 0 Å². The Hall–Kier alpha value is -2.63. The molecular formula is C19H25N5O. The van der Waals surface area contributed by atoms with E-state index in [0.29, 0.717) is 12.3 Å². The highest BCUT2D eigenvalue weighted by atomic mass is 16.1. The predicted molar refractivity (Wildman–Crippen MR) is 101 cm³/mol. The monoisotopic (exact) mass is 339 g/mol. The van der Waals surface area contributed by atoms with Crippen molar-refractivity contribution in [2.45, 2.75) is 20.3 Å². The van der Waals surface area contributed by atoms with Crippen molar-refractivity contribution in [1.82, 2.24) is 9.97 Å². The fourth-order valence-corrected chi connectivity index (χ4v) is 2.96. The van der Waals surface area contributed by atoms with Gasteiger partial charge < -0.3 is 15.1 Å². The van der Waals surface area contributed by atoms with Crippen LogP contribution in [0.3, 0.4) is 0 Å². The first-order chi connectivity index (χ1) is 12.1. The van der Waals surface area contributed by atoms with Crippen molar-refractivity contribution in [3.8, 4) is 0 Å². The van der Waals surface area contributed by atoms with Crippen molar-refractivity contribution >= 4 is 23.2 Å². The Morgan fingerprint density at radius 3 is 2.24 bits per heavy atom. The molecule has 0 radical (unpaired) electrons. The molecule has 1 N–H and O–H groups in total. The maximum absolute atomic E-state index is 11.8. The highest BCUT2D eigenvalue weighted by molar-refractivity contribution is 5.91. The Balaban J connectivity index is 1.54. The Morgan fingerprint density at radius 1 is 1.04 bits per heavy atom. The van der Waals surface area contributed by atoms with E-state index >= 15 is 0 Å². The number of anilines is 3. The van der Waals surface area contributed by atoms with Gasteiger partial charge in [0.25, 0.3) is 0 Å². The number of aromatic nitrogens is 2. The third kappa shape index (κ3) is 4.68. The molecule has 25 heavy (non-hydrogen) atoms. The molecule has 1 aromatic carbocycles. The summed E-state index contributed by atoms with van der Waals surface area (Å²) in [4.78, 5) is 25.0. The molecule has 1 amide bonds. The molecule has 2 aromatic rings. The Kier molecular flexibility index (Phi) is 5.48. The van der Waals surface area contributed by atoms with E-state index in [9.17, 15) is 4.79 Å². The summed E-state index contributed by atoms with van der Waals surface area (Å²) in [6.07, 6.45) is 4.10. The predicted octanol–water partition coefficient (Wildman–Crippen LogP) is 2.79. The van der Waals surface area contributed by atoms with E-state index in [1.807, 2.05) is 32.0 Å². The maximum Gasteiger partial charge on any atom is 0.225 e. The Morgan fingerprint density at radius 2 is 1.64 bits per heavy atom. The minimum atomic E-state index is 0.0687. The SMILES string of the molecule is CC(C)CC(=O)Nc1ccc(N2CCN(c3ncccn3)CC2)cc1. The second-order valence-electron chi connectivity index (χ2n) is 6.72. The molecule has 1 aliphatic heterocycles. The second-order valence-corrected chi connectivity index (χ2v) is 6.72. The molecule has 1 aliphatic rings. The fraction of sp³-hybridized carbons (Fsp3) is 0.421. The summed E-state index contributed by atoms with van der Waals surface area (Å²) in [7, 11) is 0. The minimum absolute atomic E-state index is 0.0687. The van der Waals surface area contributed by atoms with E-state index < -0.39 is 0 Å². The van der Waals surface area contributed by atoms with Gasteiger partial charge in [-0.1, -0.05) is 13.8 Å². The third-order valence-electron chi connectivity index (χ3n) is 4.22. The average Bonchev–Trinajstić information content (AvgIpc) is 2.62. The molecule has 1 fully saturated rings. The fourth-order valence-electron chi connectivity index (χ4n) is 2.96. The summed E-state index contributed by atoms with van der Waals surface area (Å²) in [6.45, 7) is 7.74. The van der Waals surface area contributed by atoms with Gasteiger partial charge in [-0.3, -0.25) is 4.79 Å². The highest BCUT2D eigenvalue weighted by Gasteiger charge is 2.19. The quantitative estimate of drug-likeness (QED) is 0.908. The van der Waals surface area contributed by atoms with Crippen LogP contribution >= 0.6 is 0 Å². The Labute approximate surface area is 148 Å². The summed E-state index contributed by atoms with van der Waals surface area (Å²) in [6, 6.07) is 9.92. The zero-order valence-electron chi connectivity index (χ0n) is 14.9. The molecule has 1 saturated heterocycles. The lowest BCUT2D eigenvalue weighted by Crippen LogP contribution is -2.47. The van der Waals surface area contributed by atoms with Gasteiger partial charge in [0, 0.05) is 56.4 Å². The van der Waals surface area contributed by atoms with Gasteiger partial charge in [0.1, 0.15) is 0 Å². The maximum atomic E-state index is 11.8. The molecule has 1 aromatic heterocycles. The number of rotatable bonds is 5. The molecule has 0 unspecified atom stereocenters. The number of benzene rings is 1. The average molecular weight is 339 g/mol. The number of piperazine rings is 1. The van der Waals surface area contributed by atoms with Crippen molar-refractivity contribution < 1.29 is 4.79 Å². The summed E-state index contributed by atoms with van der Waals surface area (Å²) >= 11 is 0. The van der Waals surface area contributed by atoms with Crippen LogP contribution in [0.1, 0.15) is 20.3 Å². The van der Waals surface area contributed by atoms with Crippen LogP contribution in [0, 0.1) is 5.92 Å². The van der Waals surface area contributed by atoms with Crippen molar-refractivity contribution in [3.05, 3.63) is 42.7 Å². The van der Waals surface area contributed by atoms with Gasteiger partial charge in [0.05, 0.1) is 0 Å². The summed E-state index contributed by atoms with van der Waals surface area (Å²) in [5.41, 5.74) is 2.03. The Bertz CT molecular complexity index is 679. The second kappa shape index (κ2) is 7.96. The molecule has 0 spiro atoms. The number of nitrogens with one attached hydrogen (secondary N) is 1. The first kappa shape index (κ1) is 17.2. The molecule has 2 heterocycles. The number of hydrogen-bond donors (Lipinski definition) is 1. The zero-order chi connectivity index (χ0) is 17.6. The molecule has 3 rings (SSSR count). The van der Waals surface area contributed by atoms with Crippen molar-refractivity contribution in [2.75, 3.05) is 41.3 Å². The normalized spacial score (nSPS) is 14.7. The minimum Gasteiger partial charge on any atom is -0.368 e. The lowest BCUT2D eigenvalue weighted by molar-refractivity contribution is -0.116. The van der Waals surface area contributed by atoms with Crippen LogP contribution < -0.4 is 15.1 Å². The first-order valence-corrected chi connectivity index (χ1v) is 8.78. The van der Waals surface area contributed by atoms with Gasteiger partial charge in [-0.05, 0) is 36.2 Å². The van der Waals surface area contributed by atoms with Crippen LogP contribution in [-0.4, -0.2) is 42.1 Å². The zero-order valence-corrected chi connectivity index (χ0v) is 14.9. The van der Waals surface area contributed by atoms with E-state index in [0.717, 1.165) is 37.8 Å². The largest absolute Gasteiger partial charge is 0.368 e. The van der Waals surface area contributed by atoms with Gasteiger partial charge in [0.2, 0.25) is 11.9 Å². The van der Waals surface area contributed by atoms with E-state index in [1.165, 1.54) is 5.69 Å². The number of carbonyl (C=O) groups excluding carboxylic acids is 1. The summed E-state index contributed by atoms with van der Waals surface area (Å²) in [5, 5.41) is 2.95. The summed E-state index contributed by atoms with van der Waals surface area (Å²) in [5.74, 6) is 1.23. The van der Waals surface area contributed by atoms with Gasteiger partial charge in [0.15, 0.2) is 0 Å². The van der Waals surface area contributed by atoms with Crippen LogP contribution in [0.25, 0.3) is 0 Å². The van der Waals surface area contributed by atoms with Crippen LogP contribution in [0.5, 0.6) is 0 Å². The van der Waals surface area contributed by atoms with E-state index in [-0.39, 0.29) is 5.91 Å². The lowest BCUT2D eigenvalue weighted by atomic mass is 10.1. The van der Waals surface area contributed by atoms with E-state index in [4.69, 9.17) is 0 Å². The topological polar surface area (TPSA) is 61.4 Å². The molecule has 0 aliphatic carbocycles. The van der Waals surface area contributed by atoms with Gasteiger partial charge in [-0.25, -0.2) is 9.97 Å². The van der Waals surface area contributed by atoms with Crippen LogP contribution in [0.2, 0.25) is 0 Å². The van der Waals surface area contributed by atoms with E-state index in [2.05, 4.69) is 37.2 Å². The highest BCUT2D eigenvalue weighted by Crippen LogP contribution is 2.21. The lowest BCUT2D eigenvalue weighted by Gasteiger charge is -2.36. The molecular weight excluding hydrogens is 314 g/mol. The summed E-state index contributed by atoms with van der Waals surface area (Å²) < 4.78 is 0. The number of amides is 1. The molecule has 0 bridgehead atoms. The van der Waals surface area contributed by atoms with Crippen LogP contribution in [-0.2, 0) is 4.79 Å². The van der Waals surface area contributed by atoms with Crippen molar-refractivity contribution in [1.29, 1.82) is 0 Å². The van der Waals surface area contributed by atoms with Crippen LogP contribution in [0.15, 0.2) is 42.7 Å². The third-order valence-corrected chi connectivity index (χ3v) is 4.22. The van der Waals surface area contributed by atoms with Crippen molar-refractivity contribution in [2.24, 2.45) is 5.92 Å².